The highest BCUT2D eigenvalue weighted by Crippen LogP contribution is 2.19. The molecule has 0 unspecified atom stereocenters. The van der Waals surface area contributed by atoms with Gasteiger partial charge < -0.3 is 14.0 Å². The third kappa shape index (κ3) is 4.38. The Bertz CT molecular complexity index is 802. The van der Waals surface area contributed by atoms with Crippen molar-refractivity contribution in [3.05, 3.63) is 58.9 Å². The zero-order valence-electron chi connectivity index (χ0n) is 15.0. The van der Waals surface area contributed by atoms with E-state index in [9.17, 15) is 9.59 Å². The van der Waals surface area contributed by atoms with Crippen LogP contribution >= 0.6 is 0 Å². The second-order valence-corrected chi connectivity index (χ2v) is 5.64. The van der Waals surface area contributed by atoms with Crippen LogP contribution in [-0.4, -0.2) is 30.0 Å². The molecule has 0 saturated heterocycles. The molecule has 0 fully saturated rings. The summed E-state index contributed by atoms with van der Waals surface area (Å²) in [4.78, 5) is 24.1. The van der Waals surface area contributed by atoms with Crippen molar-refractivity contribution >= 4 is 17.8 Å². The average Bonchev–Trinajstić information content (AvgIpc) is 2.91. The van der Waals surface area contributed by atoms with Gasteiger partial charge in [0.1, 0.15) is 5.75 Å². The second-order valence-electron chi connectivity index (χ2n) is 5.64. The van der Waals surface area contributed by atoms with Gasteiger partial charge in [-0.05, 0) is 39.0 Å². The van der Waals surface area contributed by atoms with Crippen LogP contribution in [0.25, 0.3) is 6.08 Å². The zero-order chi connectivity index (χ0) is 18.4. The van der Waals surface area contributed by atoms with Crippen LogP contribution in [-0.2, 0) is 16.1 Å². The minimum absolute atomic E-state index is 0.202. The number of hydrogen-bond donors (Lipinski definition) is 0. The van der Waals surface area contributed by atoms with Crippen LogP contribution in [0.15, 0.2) is 36.4 Å². The van der Waals surface area contributed by atoms with E-state index >= 15 is 0 Å². The lowest BCUT2D eigenvalue weighted by Crippen LogP contribution is -2.13. The van der Waals surface area contributed by atoms with Crippen molar-refractivity contribution in [2.24, 2.45) is 0 Å². The highest BCUT2D eigenvalue weighted by molar-refractivity contribution is 6.00. The molecule has 0 spiro atoms. The van der Waals surface area contributed by atoms with Gasteiger partial charge in [-0.1, -0.05) is 18.2 Å². The summed E-state index contributed by atoms with van der Waals surface area (Å²) in [6, 6.07) is 9.16. The molecule has 1 aromatic carbocycles. The van der Waals surface area contributed by atoms with Crippen molar-refractivity contribution in [2.45, 2.75) is 27.3 Å². The first-order valence-corrected chi connectivity index (χ1v) is 8.15. The first kappa shape index (κ1) is 18.5. The van der Waals surface area contributed by atoms with Crippen molar-refractivity contribution in [3.8, 4) is 5.75 Å². The molecule has 0 aliphatic carbocycles. The number of rotatable bonds is 7. The number of aromatic nitrogens is 1. The Morgan fingerprint density at radius 3 is 2.56 bits per heavy atom. The van der Waals surface area contributed by atoms with Gasteiger partial charge in [0.25, 0.3) is 0 Å². The van der Waals surface area contributed by atoms with E-state index in [0.717, 1.165) is 23.5 Å². The highest BCUT2D eigenvalue weighted by Gasteiger charge is 2.16. The summed E-state index contributed by atoms with van der Waals surface area (Å²) >= 11 is 0. The van der Waals surface area contributed by atoms with Crippen LogP contribution in [0, 0.1) is 13.8 Å². The molecule has 132 valence electrons. The lowest BCUT2D eigenvalue weighted by molar-refractivity contribution is -0.136. The maximum atomic E-state index is 12.3. The summed E-state index contributed by atoms with van der Waals surface area (Å²) in [6.45, 7) is 6.40. The fourth-order valence-corrected chi connectivity index (χ4v) is 2.79. The largest absolute Gasteiger partial charge is 0.496 e. The molecule has 25 heavy (non-hydrogen) atoms. The first-order chi connectivity index (χ1) is 12.0. The Kier molecular flexibility index (Phi) is 6.17. The van der Waals surface area contributed by atoms with Gasteiger partial charge in [0, 0.05) is 35.1 Å². The van der Waals surface area contributed by atoms with Crippen LogP contribution in [0.5, 0.6) is 5.75 Å². The Morgan fingerprint density at radius 2 is 1.92 bits per heavy atom. The molecule has 0 atom stereocenters. The van der Waals surface area contributed by atoms with Gasteiger partial charge in [-0.25, -0.2) is 4.79 Å². The van der Waals surface area contributed by atoms with E-state index in [1.165, 1.54) is 6.08 Å². The van der Waals surface area contributed by atoms with Gasteiger partial charge in [-0.15, -0.1) is 0 Å². The number of aryl methyl sites for hydroxylation is 1. The third-order valence-corrected chi connectivity index (χ3v) is 4.07. The monoisotopic (exact) mass is 341 g/mol. The molecule has 0 radical (unpaired) electrons. The second kappa shape index (κ2) is 8.33. The number of carbonyl (C=O) groups is 2. The number of methoxy groups -OCH3 is 1. The molecule has 0 aliphatic rings. The van der Waals surface area contributed by atoms with Gasteiger partial charge in [-0.2, -0.15) is 0 Å². The lowest BCUT2D eigenvalue weighted by atomic mass is 10.1. The summed E-state index contributed by atoms with van der Waals surface area (Å²) in [5.74, 6) is -0.106. The van der Waals surface area contributed by atoms with Crippen molar-refractivity contribution in [1.29, 1.82) is 0 Å². The predicted molar refractivity (Wildman–Crippen MR) is 96.9 cm³/mol. The summed E-state index contributed by atoms with van der Waals surface area (Å²) < 4.78 is 12.3. The summed E-state index contributed by atoms with van der Waals surface area (Å²) in [6.07, 6.45) is 2.90. The summed E-state index contributed by atoms with van der Waals surface area (Å²) in [7, 11) is 1.57. The number of hydrogen-bond acceptors (Lipinski definition) is 4. The zero-order valence-corrected chi connectivity index (χ0v) is 15.0. The van der Waals surface area contributed by atoms with Crippen LogP contribution in [0.2, 0.25) is 0 Å². The molecule has 1 aromatic heterocycles. The molecule has 5 nitrogen and oxygen atoms in total. The van der Waals surface area contributed by atoms with E-state index in [0.29, 0.717) is 11.3 Å². The molecular formula is C20H23NO4. The van der Waals surface area contributed by atoms with E-state index in [4.69, 9.17) is 9.47 Å². The maximum absolute atomic E-state index is 12.3. The Hall–Kier alpha value is -2.82. The molecule has 0 aliphatic heterocycles. The number of ether oxygens (including phenoxy) is 2. The average molecular weight is 341 g/mol. The molecule has 0 amide bonds. The molecule has 2 rings (SSSR count). The number of esters is 1. The van der Waals surface area contributed by atoms with Crippen LogP contribution in [0.4, 0.5) is 0 Å². The minimum atomic E-state index is -0.566. The molecule has 1 heterocycles. The van der Waals surface area contributed by atoms with Crippen LogP contribution in [0.1, 0.15) is 34.2 Å². The van der Waals surface area contributed by atoms with E-state index in [1.54, 1.807) is 19.3 Å². The molecule has 0 bridgehead atoms. The van der Waals surface area contributed by atoms with Crippen molar-refractivity contribution < 1.29 is 19.1 Å². The summed E-state index contributed by atoms with van der Waals surface area (Å²) in [5, 5.41) is 0. The highest BCUT2D eigenvalue weighted by atomic mass is 16.5. The van der Waals surface area contributed by atoms with Gasteiger partial charge >= 0.3 is 5.97 Å². The van der Waals surface area contributed by atoms with Crippen molar-refractivity contribution in [2.75, 3.05) is 13.7 Å². The molecule has 2 aromatic rings. The van der Waals surface area contributed by atoms with E-state index < -0.39 is 5.97 Å². The van der Waals surface area contributed by atoms with Gasteiger partial charge in [0.05, 0.1) is 7.11 Å². The normalized spacial score (nSPS) is 10.9. The number of benzene rings is 1. The fourth-order valence-electron chi connectivity index (χ4n) is 2.79. The van der Waals surface area contributed by atoms with Gasteiger partial charge in [0.15, 0.2) is 6.61 Å². The van der Waals surface area contributed by atoms with Crippen LogP contribution < -0.4 is 4.74 Å². The third-order valence-electron chi connectivity index (χ3n) is 4.07. The number of carbonyl (C=O) groups excluding carboxylic acids is 2. The Morgan fingerprint density at radius 1 is 1.20 bits per heavy atom. The Labute approximate surface area is 147 Å². The number of nitrogens with zero attached hydrogens (tertiary/aromatic N) is 1. The fraction of sp³-hybridized carbons (Fsp3) is 0.300. The van der Waals surface area contributed by atoms with Gasteiger partial charge in [0.2, 0.25) is 5.78 Å². The number of ketones is 1. The topological polar surface area (TPSA) is 57.5 Å². The standard InChI is InChI=1S/C20H23NO4/c1-5-21-14(2)12-17(15(21)3)18(22)13-25-20(23)11-10-16-8-6-7-9-19(16)24-4/h6-12H,5,13H2,1-4H3/b11-10+. The lowest BCUT2D eigenvalue weighted by Gasteiger charge is -2.06. The van der Waals surface area contributed by atoms with Gasteiger partial charge in [-0.3, -0.25) is 4.79 Å². The minimum Gasteiger partial charge on any atom is -0.496 e. The molecule has 5 heteroatoms. The first-order valence-electron chi connectivity index (χ1n) is 8.15. The van der Waals surface area contributed by atoms with E-state index in [-0.39, 0.29) is 12.4 Å². The van der Waals surface area contributed by atoms with E-state index in [2.05, 4.69) is 4.57 Å². The number of para-hydroxylation sites is 1. The van der Waals surface area contributed by atoms with Crippen LogP contribution in [0.3, 0.4) is 0 Å². The predicted octanol–water partition coefficient (Wildman–Crippen LogP) is 3.57. The SMILES string of the molecule is CCn1c(C)cc(C(=O)COC(=O)/C=C/c2ccccc2OC)c1C. The quantitative estimate of drug-likeness (QED) is 0.439. The molecule has 0 saturated carbocycles. The Balaban J connectivity index is 1.98. The number of Topliss-reactive ketones (excluding diaryl/α,β-unsaturated/α-hetero) is 1. The molecular weight excluding hydrogens is 318 g/mol. The van der Waals surface area contributed by atoms with E-state index in [1.807, 2.05) is 45.0 Å². The summed E-state index contributed by atoms with van der Waals surface area (Å²) in [5.41, 5.74) is 3.27. The van der Waals surface area contributed by atoms with Crippen molar-refractivity contribution in [3.63, 3.8) is 0 Å². The molecule has 0 N–H and O–H groups in total. The maximum Gasteiger partial charge on any atom is 0.331 e. The smallest absolute Gasteiger partial charge is 0.331 e. The van der Waals surface area contributed by atoms with Crippen molar-refractivity contribution in [1.82, 2.24) is 4.57 Å².